The van der Waals surface area contributed by atoms with E-state index in [1.807, 2.05) is 10.8 Å². The predicted octanol–water partition coefficient (Wildman–Crippen LogP) is 3.75. The Morgan fingerprint density at radius 3 is 2.23 bits per heavy atom. The monoisotopic (exact) mass is 416 g/mol. The molecule has 2 N–H and O–H groups in total. The fourth-order valence-electron chi connectivity index (χ4n) is 3.77. The molecule has 1 aliphatic carbocycles. The fraction of sp³-hybridized carbons (Fsp3) is 0.240. The Hall–Kier alpha value is -3.67. The molecule has 0 aliphatic heterocycles. The van der Waals surface area contributed by atoms with Crippen LogP contribution < -0.4 is 19.9 Å². The molecule has 0 bridgehead atoms. The molecule has 158 valence electrons. The Kier molecular flexibility index (Phi) is 6.26. The highest BCUT2D eigenvalue weighted by Gasteiger charge is 2.16. The average molecular weight is 417 g/mol. The van der Waals surface area contributed by atoms with Crippen molar-refractivity contribution in [3.8, 4) is 5.75 Å². The lowest BCUT2D eigenvalue weighted by atomic mass is 9.93. The molecule has 4 rings (SSSR count). The third-order valence-corrected chi connectivity index (χ3v) is 5.45. The zero-order valence-electron chi connectivity index (χ0n) is 17.6. The maximum atomic E-state index is 12.4. The lowest BCUT2D eigenvalue weighted by Gasteiger charge is -2.13. The van der Waals surface area contributed by atoms with Crippen molar-refractivity contribution in [2.75, 3.05) is 17.7 Å². The summed E-state index contributed by atoms with van der Waals surface area (Å²) in [6, 6.07) is 16.1. The summed E-state index contributed by atoms with van der Waals surface area (Å²) in [5.74, 6) is 0.412. The maximum Gasteiger partial charge on any atom is 0.290 e. The van der Waals surface area contributed by atoms with Gasteiger partial charge in [-0.1, -0.05) is 0 Å². The van der Waals surface area contributed by atoms with Gasteiger partial charge in [0.2, 0.25) is 6.54 Å². The van der Waals surface area contributed by atoms with Crippen molar-refractivity contribution in [2.45, 2.75) is 32.2 Å². The van der Waals surface area contributed by atoms with Crippen LogP contribution in [0.4, 0.5) is 11.4 Å². The van der Waals surface area contributed by atoms with Crippen LogP contribution in [0.15, 0.2) is 67.0 Å². The molecule has 0 fully saturated rings. The number of nitrogens with zero attached hydrogens (tertiary/aromatic N) is 1. The number of hydrogen-bond donors (Lipinski definition) is 2. The van der Waals surface area contributed by atoms with Crippen LogP contribution in [0.25, 0.3) is 0 Å². The summed E-state index contributed by atoms with van der Waals surface area (Å²) in [6.45, 7) is 0.257. The molecular weight excluding hydrogens is 390 g/mol. The van der Waals surface area contributed by atoms with Crippen LogP contribution in [0.1, 0.15) is 34.3 Å². The molecule has 3 aromatic rings. The molecule has 6 heteroatoms. The van der Waals surface area contributed by atoms with Gasteiger partial charge in [-0.05, 0) is 79.8 Å². The summed E-state index contributed by atoms with van der Waals surface area (Å²) in [7, 11) is 1.60. The molecule has 0 atom stereocenters. The van der Waals surface area contributed by atoms with Gasteiger partial charge < -0.3 is 15.4 Å². The van der Waals surface area contributed by atoms with E-state index in [4.69, 9.17) is 4.74 Å². The molecule has 1 aliphatic rings. The number of methoxy groups -OCH3 is 1. The van der Waals surface area contributed by atoms with Crippen molar-refractivity contribution in [2.24, 2.45) is 0 Å². The first-order valence-electron chi connectivity index (χ1n) is 10.5. The summed E-state index contributed by atoms with van der Waals surface area (Å²) < 4.78 is 7.04. The van der Waals surface area contributed by atoms with E-state index in [2.05, 4.69) is 22.9 Å². The standard InChI is InChI=1S/C25H25N3O3/c1-31-23-12-10-22(11-13-23)27-25(30)19-6-8-21(9-7-19)26-24(29)17-28-15-14-18-4-2-3-5-20(18)16-28/h6-16H,2-5,17H2,1H3,(H-,26,27,29,30)/p+1. The molecule has 1 aromatic heterocycles. The molecule has 6 nitrogen and oxygen atoms in total. The zero-order chi connectivity index (χ0) is 21.6. The Morgan fingerprint density at radius 2 is 1.52 bits per heavy atom. The van der Waals surface area contributed by atoms with Crippen LogP contribution >= 0.6 is 0 Å². The van der Waals surface area contributed by atoms with Crippen molar-refractivity contribution < 1.29 is 18.9 Å². The predicted molar refractivity (Wildman–Crippen MR) is 119 cm³/mol. The summed E-state index contributed by atoms with van der Waals surface area (Å²) in [5.41, 5.74) is 4.59. The largest absolute Gasteiger partial charge is 0.497 e. The van der Waals surface area contributed by atoms with Gasteiger partial charge in [0, 0.05) is 28.6 Å². The number of rotatable bonds is 6. The van der Waals surface area contributed by atoms with Crippen LogP contribution in [0.3, 0.4) is 0 Å². The fourth-order valence-corrected chi connectivity index (χ4v) is 3.77. The van der Waals surface area contributed by atoms with Gasteiger partial charge in [0.05, 0.1) is 7.11 Å². The second-order valence-corrected chi connectivity index (χ2v) is 7.68. The van der Waals surface area contributed by atoms with E-state index in [-0.39, 0.29) is 18.4 Å². The van der Waals surface area contributed by atoms with Gasteiger partial charge in [-0.2, -0.15) is 4.57 Å². The molecule has 31 heavy (non-hydrogen) atoms. The SMILES string of the molecule is COc1ccc(NC(=O)c2ccc(NC(=O)C[n+]3ccc4c(c3)CCCC4)cc2)cc1. The Bertz CT molecular complexity index is 1080. The van der Waals surface area contributed by atoms with Gasteiger partial charge in [0.1, 0.15) is 5.75 Å². The molecule has 2 aromatic carbocycles. The highest BCUT2D eigenvalue weighted by atomic mass is 16.5. The van der Waals surface area contributed by atoms with Gasteiger partial charge in [-0.15, -0.1) is 0 Å². The van der Waals surface area contributed by atoms with E-state index in [0.717, 1.165) is 18.6 Å². The number of ether oxygens (including phenoxy) is 1. The molecule has 0 radical (unpaired) electrons. The third kappa shape index (κ3) is 5.28. The van der Waals surface area contributed by atoms with Crippen molar-refractivity contribution in [3.63, 3.8) is 0 Å². The van der Waals surface area contributed by atoms with Crippen molar-refractivity contribution in [1.29, 1.82) is 0 Å². The number of nitrogens with one attached hydrogen (secondary N) is 2. The van der Waals surface area contributed by atoms with Gasteiger partial charge in [-0.25, -0.2) is 0 Å². The van der Waals surface area contributed by atoms with Crippen LogP contribution in [0, 0.1) is 0 Å². The first kappa shape index (κ1) is 20.6. The van der Waals surface area contributed by atoms with Crippen LogP contribution in [0.5, 0.6) is 5.75 Å². The number of benzene rings is 2. The number of anilines is 2. The van der Waals surface area contributed by atoms with Crippen molar-refractivity contribution >= 4 is 23.2 Å². The Balaban J connectivity index is 1.33. The molecule has 0 unspecified atom stereocenters. The molecule has 1 heterocycles. The van der Waals surface area contributed by atoms with Gasteiger partial charge in [-0.3, -0.25) is 9.59 Å². The van der Waals surface area contributed by atoms with E-state index < -0.39 is 0 Å². The number of carbonyl (C=O) groups excluding carboxylic acids is 2. The van der Waals surface area contributed by atoms with Gasteiger partial charge in [0.15, 0.2) is 12.4 Å². The Morgan fingerprint density at radius 1 is 0.871 bits per heavy atom. The summed E-state index contributed by atoms with van der Waals surface area (Å²) in [4.78, 5) is 24.9. The van der Waals surface area contributed by atoms with Crippen LogP contribution in [-0.4, -0.2) is 18.9 Å². The van der Waals surface area contributed by atoms with Crippen molar-refractivity contribution in [3.05, 3.63) is 83.7 Å². The number of aryl methyl sites for hydroxylation is 2. The minimum atomic E-state index is -0.215. The second kappa shape index (κ2) is 9.43. The maximum absolute atomic E-state index is 12.4. The average Bonchev–Trinajstić information content (AvgIpc) is 2.80. The molecular formula is C25H26N3O3+. The Labute approximate surface area is 181 Å². The minimum absolute atomic E-state index is 0.101. The normalized spacial score (nSPS) is 12.5. The molecule has 0 saturated carbocycles. The number of hydrogen-bond acceptors (Lipinski definition) is 3. The van der Waals surface area contributed by atoms with E-state index in [9.17, 15) is 9.59 Å². The van der Waals surface area contributed by atoms with E-state index in [1.54, 1.807) is 55.6 Å². The quantitative estimate of drug-likeness (QED) is 0.601. The zero-order valence-corrected chi connectivity index (χ0v) is 17.6. The van der Waals surface area contributed by atoms with Crippen LogP contribution in [0.2, 0.25) is 0 Å². The summed E-state index contributed by atoms with van der Waals surface area (Å²) in [5, 5.41) is 5.74. The second-order valence-electron chi connectivity index (χ2n) is 7.68. The number of fused-ring (bicyclic) bond motifs is 1. The lowest BCUT2D eigenvalue weighted by molar-refractivity contribution is -0.684. The smallest absolute Gasteiger partial charge is 0.290 e. The summed E-state index contributed by atoms with van der Waals surface area (Å²) in [6.07, 6.45) is 8.71. The highest BCUT2D eigenvalue weighted by Crippen LogP contribution is 2.19. The molecule has 0 saturated heterocycles. The topological polar surface area (TPSA) is 71.3 Å². The first-order chi connectivity index (χ1) is 15.1. The van der Waals surface area contributed by atoms with E-state index >= 15 is 0 Å². The summed E-state index contributed by atoms with van der Waals surface area (Å²) >= 11 is 0. The number of carbonyl (C=O) groups is 2. The third-order valence-electron chi connectivity index (χ3n) is 5.45. The first-order valence-corrected chi connectivity index (χ1v) is 10.5. The minimum Gasteiger partial charge on any atom is -0.497 e. The van der Waals surface area contributed by atoms with Gasteiger partial charge in [0.25, 0.3) is 11.8 Å². The van der Waals surface area contributed by atoms with E-state index in [0.29, 0.717) is 16.9 Å². The number of aromatic nitrogens is 1. The van der Waals surface area contributed by atoms with Gasteiger partial charge >= 0.3 is 0 Å². The molecule has 2 amide bonds. The van der Waals surface area contributed by atoms with Crippen LogP contribution in [-0.2, 0) is 24.2 Å². The van der Waals surface area contributed by atoms with E-state index in [1.165, 1.54) is 24.0 Å². The lowest BCUT2D eigenvalue weighted by Crippen LogP contribution is -2.40. The number of amides is 2. The highest BCUT2D eigenvalue weighted by molar-refractivity contribution is 6.04. The molecule has 0 spiro atoms. The van der Waals surface area contributed by atoms with Crippen molar-refractivity contribution in [1.82, 2.24) is 0 Å². The number of pyridine rings is 1.